The lowest BCUT2D eigenvalue weighted by Crippen LogP contribution is -2.19. The topological polar surface area (TPSA) is 76.0 Å². The maximum atomic E-state index is 13.1. The monoisotopic (exact) mass is 430 g/mol. The Kier molecular flexibility index (Phi) is 5.82. The number of nitrogens with zero attached hydrogens (tertiary/aromatic N) is 2. The summed E-state index contributed by atoms with van der Waals surface area (Å²) in [6, 6.07) is 23.3. The molecule has 3 aromatic carbocycles. The normalized spacial score (nSPS) is 10.5. The van der Waals surface area contributed by atoms with Crippen LogP contribution in [0.15, 0.2) is 85.1 Å². The van der Waals surface area contributed by atoms with Crippen LogP contribution in [0.25, 0.3) is 5.69 Å². The number of aromatic nitrogens is 2. The Labute approximate surface area is 184 Å². The molecule has 0 saturated carbocycles. The summed E-state index contributed by atoms with van der Waals surface area (Å²) in [5, 5.41) is 10.6. The van der Waals surface area contributed by atoms with Crippen LogP contribution in [0.5, 0.6) is 0 Å². The number of benzene rings is 3. The fraction of sp³-hybridized carbons (Fsp3) is 0.0417. The highest BCUT2D eigenvalue weighted by Gasteiger charge is 2.21. The van der Waals surface area contributed by atoms with Crippen LogP contribution in [0.2, 0.25) is 5.02 Å². The number of carbonyl (C=O) groups is 2. The van der Waals surface area contributed by atoms with Gasteiger partial charge in [0.1, 0.15) is 11.4 Å². The van der Waals surface area contributed by atoms with E-state index in [-0.39, 0.29) is 23.2 Å². The minimum atomic E-state index is -0.376. The average molecular weight is 431 g/mol. The zero-order chi connectivity index (χ0) is 21.8. The molecule has 6 nitrogen and oxygen atoms in total. The molecule has 0 spiro atoms. The van der Waals surface area contributed by atoms with E-state index in [2.05, 4.69) is 15.7 Å². The van der Waals surface area contributed by atoms with Gasteiger partial charge in [-0.3, -0.25) is 9.59 Å². The Bertz CT molecular complexity index is 1230. The van der Waals surface area contributed by atoms with Gasteiger partial charge in [0.15, 0.2) is 0 Å². The third-order valence-electron chi connectivity index (χ3n) is 4.75. The van der Waals surface area contributed by atoms with E-state index in [1.54, 1.807) is 24.3 Å². The largest absolute Gasteiger partial charge is 0.322 e. The van der Waals surface area contributed by atoms with Crippen molar-refractivity contribution >= 4 is 34.9 Å². The van der Waals surface area contributed by atoms with Gasteiger partial charge in [0.25, 0.3) is 11.8 Å². The number of rotatable bonds is 5. The molecule has 2 amide bonds. The van der Waals surface area contributed by atoms with Gasteiger partial charge in [0, 0.05) is 16.3 Å². The number of aryl methyl sites for hydroxylation is 1. The second-order valence-corrected chi connectivity index (χ2v) is 7.32. The summed E-state index contributed by atoms with van der Waals surface area (Å²) in [4.78, 5) is 25.9. The minimum absolute atomic E-state index is 0.245. The van der Waals surface area contributed by atoms with E-state index in [1.165, 1.54) is 10.9 Å². The molecule has 0 saturated heterocycles. The Morgan fingerprint density at radius 1 is 0.839 bits per heavy atom. The van der Waals surface area contributed by atoms with Crippen molar-refractivity contribution in [2.24, 2.45) is 0 Å². The van der Waals surface area contributed by atoms with Gasteiger partial charge in [-0.15, -0.1) is 0 Å². The second kappa shape index (κ2) is 8.85. The highest BCUT2D eigenvalue weighted by Crippen LogP contribution is 2.23. The molecule has 1 aromatic heterocycles. The standard InChI is InChI=1S/C24H19ClN4O2/c1-16-7-5-6-10-21(16)27-24(31)20-15-26-29(19-8-3-2-4-9-19)22(20)28-23(30)17-11-13-18(25)14-12-17/h2-15H,1H3,(H,27,31)(H,28,30). The van der Waals surface area contributed by atoms with Crippen LogP contribution in [-0.4, -0.2) is 21.6 Å². The molecule has 0 unspecified atom stereocenters. The molecular formula is C24H19ClN4O2. The Morgan fingerprint density at radius 2 is 1.52 bits per heavy atom. The van der Waals surface area contributed by atoms with Crippen LogP contribution < -0.4 is 10.6 Å². The molecule has 2 N–H and O–H groups in total. The van der Waals surface area contributed by atoms with Gasteiger partial charge in [-0.05, 0) is 55.0 Å². The number of halogens is 1. The molecule has 154 valence electrons. The number of amides is 2. The van der Waals surface area contributed by atoms with Crippen LogP contribution in [-0.2, 0) is 0 Å². The summed E-state index contributed by atoms with van der Waals surface area (Å²) in [7, 11) is 0. The van der Waals surface area contributed by atoms with Gasteiger partial charge in [-0.2, -0.15) is 5.10 Å². The molecule has 0 fully saturated rings. The van der Waals surface area contributed by atoms with Crippen LogP contribution >= 0.6 is 11.6 Å². The molecule has 1 heterocycles. The molecule has 0 aliphatic carbocycles. The van der Waals surface area contributed by atoms with E-state index >= 15 is 0 Å². The molecule has 0 bridgehead atoms. The second-order valence-electron chi connectivity index (χ2n) is 6.88. The third kappa shape index (κ3) is 4.49. The molecule has 0 atom stereocenters. The Morgan fingerprint density at radius 3 is 2.23 bits per heavy atom. The Balaban J connectivity index is 1.71. The minimum Gasteiger partial charge on any atom is -0.322 e. The van der Waals surface area contributed by atoms with Crippen LogP contribution in [0.4, 0.5) is 11.5 Å². The van der Waals surface area contributed by atoms with Crippen LogP contribution in [0.1, 0.15) is 26.3 Å². The first-order valence-corrected chi connectivity index (χ1v) is 9.98. The summed E-state index contributed by atoms with van der Waals surface area (Å²) in [6.45, 7) is 1.91. The lowest BCUT2D eigenvalue weighted by Gasteiger charge is -2.12. The molecule has 7 heteroatoms. The first-order chi connectivity index (χ1) is 15.0. The maximum Gasteiger partial charge on any atom is 0.261 e. The van der Waals surface area contributed by atoms with E-state index in [9.17, 15) is 9.59 Å². The van der Waals surface area contributed by atoms with Crippen molar-refractivity contribution in [1.29, 1.82) is 0 Å². The molecule has 0 aliphatic rings. The number of hydrogen-bond donors (Lipinski definition) is 2. The van der Waals surface area contributed by atoms with Crippen LogP contribution in [0.3, 0.4) is 0 Å². The first-order valence-electron chi connectivity index (χ1n) is 9.60. The highest BCUT2D eigenvalue weighted by atomic mass is 35.5. The predicted octanol–water partition coefficient (Wildman–Crippen LogP) is 5.34. The summed E-state index contributed by atoms with van der Waals surface area (Å²) in [5.41, 5.74) is 2.99. The van der Waals surface area contributed by atoms with Gasteiger partial charge >= 0.3 is 0 Å². The zero-order valence-electron chi connectivity index (χ0n) is 16.7. The van der Waals surface area contributed by atoms with Crippen molar-refractivity contribution in [2.75, 3.05) is 10.6 Å². The summed E-state index contributed by atoms with van der Waals surface area (Å²) in [6.07, 6.45) is 1.44. The number of hydrogen-bond acceptors (Lipinski definition) is 3. The molecule has 4 rings (SSSR count). The Hall–Kier alpha value is -3.90. The molecule has 0 aliphatic heterocycles. The van der Waals surface area contributed by atoms with Crippen molar-refractivity contribution in [3.63, 3.8) is 0 Å². The quantitative estimate of drug-likeness (QED) is 0.448. The lowest BCUT2D eigenvalue weighted by molar-refractivity contribution is 0.102. The van der Waals surface area contributed by atoms with Crippen LogP contribution in [0, 0.1) is 6.92 Å². The number of anilines is 2. The number of nitrogens with one attached hydrogen (secondary N) is 2. The third-order valence-corrected chi connectivity index (χ3v) is 5.00. The van der Waals surface area contributed by atoms with Crippen molar-refractivity contribution < 1.29 is 9.59 Å². The maximum absolute atomic E-state index is 13.1. The fourth-order valence-corrected chi connectivity index (χ4v) is 3.21. The highest BCUT2D eigenvalue weighted by molar-refractivity contribution is 6.30. The molecule has 4 aromatic rings. The van der Waals surface area contributed by atoms with Gasteiger partial charge < -0.3 is 10.6 Å². The summed E-state index contributed by atoms with van der Waals surface area (Å²) < 4.78 is 1.53. The van der Waals surface area contributed by atoms with Gasteiger partial charge in [-0.1, -0.05) is 48.0 Å². The number of carbonyl (C=O) groups excluding carboxylic acids is 2. The van der Waals surface area contributed by atoms with Crippen molar-refractivity contribution in [2.45, 2.75) is 6.92 Å². The SMILES string of the molecule is Cc1ccccc1NC(=O)c1cnn(-c2ccccc2)c1NC(=O)c1ccc(Cl)cc1. The van der Waals surface area contributed by atoms with E-state index in [0.29, 0.717) is 22.0 Å². The summed E-state index contributed by atoms with van der Waals surface area (Å²) in [5.74, 6) is -0.473. The lowest BCUT2D eigenvalue weighted by atomic mass is 10.2. The molecule has 31 heavy (non-hydrogen) atoms. The zero-order valence-corrected chi connectivity index (χ0v) is 17.4. The molecular weight excluding hydrogens is 412 g/mol. The van der Waals surface area contributed by atoms with E-state index < -0.39 is 0 Å². The van der Waals surface area contributed by atoms with E-state index in [0.717, 1.165) is 5.56 Å². The fourth-order valence-electron chi connectivity index (χ4n) is 3.08. The average Bonchev–Trinajstić information content (AvgIpc) is 3.20. The smallest absolute Gasteiger partial charge is 0.261 e. The van der Waals surface area contributed by atoms with Gasteiger partial charge in [-0.25, -0.2) is 4.68 Å². The summed E-state index contributed by atoms with van der Waals surface area (Å²) >= 11 is 5.92. The van der Waals surface area contributed by atoms with Gasteiger partial charge in [0.05, 0.1) is 11.9 Å². The number of para-hydroxylation sites is 2. The van der Waals surface area contributed by atoms with Crippen molar-refractivity contribution in [3.8, 4) is 5.69 Å². The van der Waals surface area contributed by atoms with Gasteiger partial charge in [0.2, 0.25) is 0 Å². The first kappa shape index (κ1) is 20.4. The molecule has 0 radical (unpaired) electrons. The van der Waals surface area contributed by atoms with E-state index in [1.807, 2.05) is 61.5 Å². The predicted molar refractivity (Wildman–Crippen MR) is 122 cm³/mol. The van der Waals surface area contributed by atoms with E-state index in [4.69, 9.17) is 11.6 Å². The van der Waals surface area contributed by atoms with Crippen molar-refractivity contribution in [3.05, 3.63) is 107 Å². The van der Waals surface area contributed by atoms with Crippen molar-refractivity contribution in [1.82, 2.24) is 9.78 Å².